The van der Waals surface area contributed by atoms with Crippen LogP contribution in [0, 0.1) is 0 Å². The third kappa shape index (κ3) is 3.52. The lowest BCUT2D eigenvalue weighted by molar-refractivity contribution is 0.582. The molecule has 0 aromatic heterocycles. The van der Waals surface area contributed by atoms with Crippen molar-refractivity contribution < 1.29 is 0 Å². The maximum absolute atomic E-state index is 3.26. The van der Waals surface area contributed by atoms with Gasteiger partial charge in [-0.3, -0.25) is 0 Å². The van der Waals surface area contributed by atoms with Gasteiger partial charge in [-0.05, 0) is 19.9 Å². The summed E-state index contributed by atoms with van der Waals surface area (Å²) in [7, 11) is 2.05. The Labute approximate surface area is 58.8 Å². The predicted molar refractivity (Wildman–Crippen MR) is 42.7 cm³/mol. The molecule has 0 radical (unpaired) electrons. The highest BCUT2D eigenvalue weighted by molar-refractivity contribution is 4.70. The molecule has 1 rings (SSSR count). The van der Waals surface area contributed by atoms with E-state index in [1.165, 1.54) is 25.7 Å². The summed E-state index contributed by atoms with van der Waals surface area (Å²) in [5.74, 6) is 0. The van der Waals surface area contributed by atoms with E-state index in [9.17, 15) is 0 Å². The fourth-order valence-corrected chi connectivity index (χ4v) is 1.21. The molecule has 0 unspecified atom stereocenters. The molecule has 1 heteroatoms. The zero-order valence-electron chi connectivity index (χ0n) is 6.91. The molecule has 0 saturated heterocycles. The van der Waals surface area contributed by atoms with Crippen molar-refractivity contribution in [2.75, 3.05) is 7.05 Å². The Morgan fingerprint density at radius 1 is 1.11 bits per heavy atom. The Balaban J connectivity index is 0.000000291. The zero-order valence-corrected chi connectivity index (χ0v) is 6.91. The Morgan fingerprint density at radius 3 is 1.78 bits per heavy atom. The first-order valence-corrected chi connectivity index (χ1v) is 4.11. The van der Waals surface area contributed by atoms with E-state index in [0.29, 0.717) is 0 Å². The Morgan fingerprint density at radius 2 is 1.56 bits per heavy atom. The van der Waals surface area contributed by atoms with Gasteiger partial charge in [0.2, 0.25) is 0 Å². The highest BCUT2D eigenvalue weighted by atomic mass is 14.9. The molecule has 1 nitrogen and oxygen atoms in total. The van der Waals surface area contributed by atoms with Gasteiger partial charge in [-0.25, -0.2) is 0 Å². The second-order valence-electron chi connectivity index (χ2n) is 2.27. The fourth-order valence-electron chi connectivity index (χ4n) is 1.21. The van der Waals surface area contributed by atoms with Crippen molar-refractivity contribution in [2.45, 2.75) is 45.6 Å². The summed E-state index contributed by atoms with van der Waals surface area (Å²) in [6.07, 6.45) is 5.67. The van der Waals surface area contributed by atoms with Crippen molar-refractivity contribution in [3.63, 3.8) is 0 Å². The molecule has 0 amide bonds. The molecule has 0 aromatic rings. The van der Waals surface area contributed by atoms with Crippen LogP contribution in [0.1, 0.15) is 39.5 Å². The average molecular weight is 129 g/mol. The van der Waals surface area contributed by atoms with Crippen LogP contribution in [0.15, 0.2) is 0 Å². The van der Waals surface area contributed by atoms with E-state index < -0.39 is 0 Å². The van der Waals surface area contributed by atoms with E-state index in [-0.39, 0.29) is 0 Å². The molecule has 1 N–H and O–H groups in total. The normalized spacial score (nSPS) is 19.0. The third-order valence-corrected chi connectivity index (χ3v) is 1.76. The van der Waals surface area contributed by atoms with Gasteiger partial charge in [-0.2, -0.15) is 0 Å². The fraction of sp³-hybridized carbons (Fsp3) is 1.00. The lowest BCUT2D eigenvalue weighted by atomic mass is 10.3. The summed E-state index contributed by atoms with van der Waals surface area (Å²) in [4.78, 5) is 0. The van der Waals surface area contributed by atoms with Gasteiger partial charge < -0.3 is 5.32 Å². The predicted octanol–water partition coefficient (Wildman–Crippen LogP) is 2.17. The van der Waals surface area contributed by atoms with E-state index in [1.807, 2.05) is 13.8 Å². The summed E-state index contributed by atoms with van der Waals surface area (Å²) >= 11 is 0. The molecule has 9 heavy (non-hydrogen) atoms. The zero-order chi connectivity index (χ0) is 7.11. The van der Waals surface area contributed by atoms with Gasteiger partial charge in [0.25, 0.3) is 0 Å². The molecule has 0 aromatic carbocycles. The van der Waals surface area contributed by atoms with Crippen LogP contribution in [-0.2, 0) is 0 Å². The van der Waals surface area contributed by atoms with Crippen molar-refractivity contribution in [1.82, 2.24) is 5.32 Å². The van der Waals surface area contributed by atoms with E-state index >= 15 is 0 Å². The molecule has 0 atom stereocenters. The third-order valence-electron chi connectivity index (χ3n) is 1.76. The second-order valence-corrected chi connectivity index (χ2v) is 2.27. The van der Waals surface area contributed by atoms with Crippen molar-refractivity contribution in [3.05, 3.63) is 0 Å². The summed E-state index contributed by atoms with van der Waals surface area (Å²) < 4.78 is 0. The molecule has 1 saturated carbocycles. The Hall–Kier alpha value is -0.0400. The van der Waals surface area contributed by atoms with Gasteiger partial charge in [0, 0.05) is 6.04 Å². The lowest BCUT2D eigenvalue weighted by Crippen LogP contribution is -2.20. The van der Waals surface area contributed by atoms with Crippen molar-refractivity contribution in [1.29, 1.82) is 0 Å². The van der Waals surface area contributed by atoms with Crippen LogP contribution >= 0.6 is 0 Å². The number of nitrogens with one attached hydrogen (secondary N) is 1. The van der Waals surface area contributed by atoms with Crippen LogP contribution in [0.2, 0.25) is 0 Å². The van der Waals surface area contributed by atoms with Crippen LogP contribution < -0.4 is 5.32 Å². The van der Waals surface area contributed by atoms with Crippen LogP contribution in [0.3, 0.4) is 0 Å². The molecular weight excluding hydrogens is 110 g/mol. The highest BCUT2D eigenvalue weighted by Crippen LogP contribution is 2.16. The first-order valence-electron chi connectivity index (χ1n) is 4.11. The monoisotopic (exact) mass is 129 g/mol. The summed E-state index contributed by atoms with van der Waals surface area (Å²) in [5, 5.41) is 3.26. The van der Waals surface area contributed by atoms with E-state index in [2.05, 4.69) is 12.4 Å². The van der Waals surface area contributed by atoms with E-state index in [1.54, 1.807) is 0 Å². The standard InChI is InChI=1S/C6H13N.C2H6/c1-7-6-4-2-3-5-6;1-2/h6-7H,2-5H2,1H3;1-2H3. The minimum absolute atomic E-state index is 0.847. The van der Waals surface area contributed by atoms with Crippen LogP contribution in [0.25, 0.3) is 0 Å². The summed E-state index contributed by atoms with van der Waals surface area (Å²) in [5.41, 5.74) is 0. The molecule has 1 aliphatic rings. The van der Waals surface area contributed by atoms with Crippen LogP contribution in [0.4, 0.5) is 0 Å². The minimum atomic E-state index is 0.847. The van der Waals surface area contributed by atoms with Gasteiger partial charge >= 0.3 is 0 Å². The molecule has 0 bridgehead atoms. The van der Waals surface area contributed by atoms with Gasteiger partial charge in [0.1, 0.15) is 0 Å². The first kappa shape index (κ1) is 8.96. The Kier molecular flexibility index (Phi) is 6.06. The maximum Gasteiger partial charge on any atom is 0.00640 e. The molecule has 56 valence electrons. The minimum Gasteiger partial charge on any atom is -0.317 e. The molecule has 0 heterocycles. The summed E-state index contributed by atoms with van der Waals surface area (Å²) in [6.45, 7) is 4.00. The molecule has 1 aliphatic carbocycles. The van der Waals surface area contributed by atoms with Gasteiger partial charge in [0.15, 0.2) is 0 Å². The van der Waals surface area contributed by atoms with E-state index in [4.69, 9.17) is 0 Å². The smallest absolute Gasteiger partial charge is 0.00640 e. The molecular formula is C8H19N. The second kappa shape index (κ2) is 6.09. The quantitative estimate of drug-likeness (QED) is 0.572. The molecule has 0 aliphatic heterocycles. The first-order chi connectivity index (χ1) is 4.43. The van der Waals surface area contributed by atoms with Gasteiger partial charge in [0.05, 0.1) is 0 Å². The lowest BCUT2D eigenvalue weighted by Gasteiger charge is -2.03. The largest absolute Gasteiger partial charge is 0.317 e. The average Bonchev–Trinajstić information content (AvgIpc) is 2.43. The molecule has 0 spiro atoms. The topological polar surface area (TPSA) is 12.0 Å². The van der Waals surface area contributed by atoms with Crippen molar-refractivity contribution in [3.8, 4) is 0 Å². The van der Waals surface area contributed by atoms with Crippen LogP contribution in [0.5, 0.6) is 0 Å². The maximum atomic E-state index is 3.26. The molecule has 1 fully saturated rings. The Bertz CT molecular complexity index is 46.5. The SMILES string of the molecule is CC.CNC1CCCC1. The number of rotatable bonds is 1. The van der Waals surface area contributed by atoms with Crippen molar-refractivity contribution in [2.24, 2.45) is 0 Å². The van der Waals surface area contributed by atoms with Gasteiger partial charge in [-0.1, -0.05) is 26.7 Å². The van der Waals surface area contributed by atoms with Gasteiger partial charge in [-0.15, -0.1) is 0 Å². The number of hydrogen-bond donors (Lipinski definition) is 1. The number of hydrogen-bond acceptors (Lipinski definition) is 1. The van der Waals surface area contributed by atoms with Crippen molar-refractivity contribution >= 4 is 0 Å². The van der Waals surface area contributed by atoms with Crippen LogP contribution in [-0.4, -0.2) is 13.1 Å². The summed E-state index contributed by atoms with van der Waals surface area (Å²) in [6, 6.07) is 0.847. The van der Waals surface area contributed by atoms with E-state index in [0.717, 1.165) is 6.04 Å². The highest BCUT2D eigenvalue weighted by Gasteiger charge is 2.10.